The minimum atomic E-state index is -0.472. The first-order chi connectivity index (χ1) is 9.06. The van der Waals surface area contributed by atoms with Crippen molar-refractivity contribution in [1.82, 2.24) is 4.90 Å². The second-order valence-electron chi connectivity index (χ2n) is 5.50. The quantitative estimate of drug-likeness (QED) is 0.861. The first kappa shape index (κ1) is 13.1. The number of hydrogen-bond acceptors (Lipinski definition) is 2. The highest BCUT2D eigenvalue weighted by Crippen LogP contribution is 2.37. The highest BCUT2D eigenvalue weighted by molar-refractivity contribution is 9.10. The van der Waals surface area contributed by atoms with Gasteiger partial charge < -0.3 is 10.6 Å². The van der Waals surface area contributed by atoms with Crippen LogP contribution in [-0.4, -0.2) is 29.9 Å². The molecule has 0 spiro atoms. The molecule has 5 heteroatoms. The van der Waals surface area contributed by atoms with Crippen LogP contribution < -0.4 is 5.73 Å². The van der Waals surface area contributed by atoms with E-state index in [1.54, 1.807) is 11.0 Å². The van der Waals surface area contributed by atoms with Gasteiger partial charge in [-0.15, -0.1) is 0 Å². The first-order valence-electron chi connectivity index (χ1n) is 6.56. The van der Waals surface area contributed by atoms with E-state index in [0.29, 0.717) is 29.4 Å². The molecule has 2 fully saturated rings. The van der Waals surface area contributed by atoms with Crippen LogP contribution in [0.3, 0.4) is 0 Å². The number of rotatable bonds is 1. The zero-order valence-electron chi connectivity index (χ0n) is 10.5. The Bertz CT molecular complexity index is 522. The van der Waals surface area contributed by atoms with Crippen LogP contribution in [0.25, 0.3) is 0 Å². The number of benzene rings is 1. The number of amides is 1. The lowest BCUT2D eigenvalue weighted by atomic mass is 9.98. The van der Waals surface area contributed by atoms with Gasteiger partial charge in [0.25, 0.3) is 5.91 Å². The van der Waals surface area contributed by atoms with E-state index < -0.39 is 5.82 Å². The van der Waals surface area contributed by atoms with Gasteiger partial charge in [0.05, 0.1) is 5.56 Å². The minimum Gasteiger partial charge on any atom is -0.338 e. The lowest BCUT2D eigenvalue weighted by Gasteiger charge is -2.19. The molecule has 3 nitrogen and oxygen atoms in total. The van der Waals surface area contributed by atoms with E-state index in [-0.39, 0.29) is 17.5 Å². The summed E-state index contributed by atoms with van der Waals surface area (Å²) in [4.78, 5) is 14.1. The van der Waals surface area contributed by atoms with Crippen molar-refractivity contribution in [2.45, 2.75) is 18.9 Å². The molecule has 1 saturated heterocycles. The molecule has 3 atom stereocenters. The van der Waals surface area contributed by atoms with Crippen molar-refractivity contribution >= 4 is 21.8 Å². The predicted molar refractivity (Wildman–Crippen MR) is 74.2 cm³/mol. The molecule has 2 aliphatic rings. The number of nitrogens with zero attached hydrogens (tertiary/aromatic N) is 1. The van der Waals surface area contributed by atoms with Gasteiger partial charge in [-0.1, -0.05) is 15.9 Å². The van der Waals surface area contributed by atoms with Gasteiger partial charge in [0.1, 0.15) is 5.82 Å². The average molecular weight is 327 g/mol. The van der Waals surface area contributed by atoms with Gasteiger partial charge in [-0.05, 0) is 42.9 Å². The van der Waals surface area contributed by atoms with Crippen LogP contribution >= 0.6 is 15.9 Å². The molecule has 0 aromatic heterocycles. The smallest absolute Gasteiger partial charge is 0.256 e. The minimum absolute atomic E-state index is 0.150. The number of likely N-dealkylation sites (tertiary alicyclic amines) is 1. The topological polar surface area (TPSA) is 46.3 Å². The molecule has 1 aromatic rings. The van der Waals surface area contributed by atoms with Crippen LogP contribution in [0.1, 0.15) is 23.2 Å². The third-order valence-electron chi connectivity index (χ3n) is 4.36. The van der Waals surface area contributed by atoms with Crippen molar-refractivity contribution in [2.24, 2.45) is 17.6 Å². The Labute approximate surface area is 120 Å². The summed E-state index contributed by atoms with van der Waals surface area (Å²) in [5.74, 6) is 0.201. The molecule has 1 aromatic carbocycles. The molecule has 102 valence electrons. The summed E-state index contributed by atoms with van der Waals surface area (Å²) in [5, 5.41) is 0. The predicted octanol–water partition coefficient (Wildman–Crippen LogP) is 2.40. The third kappa shape index (κ3) is 2.30. The number of halogens is 2. The summed E-state index contributed by atoms with van der Waals surface area (Å²) in [5.41, 5.74) is 6.20. The number of hydrogen-bond donors (Lipinski definition) is 1. The van der Waals surface area contributed by atoms with Gasteiger partial charge in [0.15, 0.2) is 0 Å². The van der Waals surface area contributed by atoms with Crippen molar-refractivity contribution in [2.75, 3.05) is 13.1 Å². The summed E-state index contributed by atoms with van der Waals surface area (Å²) in [6.07, 6.45) is 2.13. The number of fused-ring (bicyclic) bond motifs is 1. The standard InChI is InChI=1S/C14H16BrFN2O/c15-9-2-3-10(12(16)5-9)14(19)18-6-8-1-4-13(17)11(8)7-18/h2-3,5,8,11,13H,1,4,6-7,17H2. The zero-order valence-corrected chi connectivity index (χ0v) is 12.1. The Morgan fingerprint density at radius 2 is 2.16 bits per heavy atom. The molecule has 19 heavy (non-hydrogen) atoms. The Morgan fingerprint density at radius 3 is 2.84 bits per heavy atom. The molecule has 3 rings (SSSR count). The summed E-state index contributed by atoms with van der Waals surface area (Å²) in [6, 6.07) is 4.75. The summed E-state index contributed by atoms with van der Waals surface area (Å²) in [7, 11) is 0. The number of carbonyl (C=O) groups excluding carboxylic acids is 1. The lowest BCUT2D eigenvalue weighted by Crippen LogP contribution is -2.33. The van der Waals surface area contributed by atoms with Gasteiger partial charge in [-0.2, -0.15) is 0 Å². The fourth-order valence-electron chi connectivity index (χ4n) is 3.31. The molecule has 3 unspecified atom stereocenters. The number of nitrogens with two attached hydrogens (primary N) is 1. The Morgan fingerprint density at radius 1 is 1.37 bits per heavy atom. The molecule has 0 radical (unpaired) electrons. The van der Waals surface area contributed by atoms with Gasteiger partial charge >= 0.3 is 0 Å². The van der Waals surface area contributed by atoms with Crippen molar-refractivity contribution in [1.29, 1.82) is 0 Å². The largest absolute Gasteiger partial charge is 0.338 e. The van der Waals surface area contributed by atoms with Crippen molar-refractivity contribution < 1.29 is 9.18 Å². The third-order valence-corrected chi connectivity index (χ3v) is 4.85. The van der Waals surface area contributed by atoms with Crippen LogP contribution in [-0.2, 0) is 0 Å². The Balaban J connectivity index is 1.78. The maximum Gasteiger partial charge on any atom is 0.256 e. The van der Waals surface area contributed by atoms with E-state index >= 15 is 0 Å². The van der Waals surface area contributed by atoms with Crippen LogP contribution in [0.2, 0.25) is 0 Å². The maximum absolute atomic E-state index is 13.8. The van der Waals surface area contributed by atoms with Gasteiger partial charge in [-0.3, -0.25) is 4.79 Å². The summed E-state index contributed by atoms with van der Waals surface area (Å²) in [6.45, 7) is 1.38. The van der Waals surface area contributed by atoms with E-state index in [1.807, 2.05) is 0 Å². The van der Waals surface area contributed by atoms with Crippen LogP contribution in [0.5, 0.6) is 0 Å². The average Bonchev–Trinajstić information content (AvgIpc) is 2.91. The zero-order chi connectivity index (χ0) is 13.6. The normalized spacial score (nSPS) is 29.6. The fourth-order valence-corrected chi connectivity index (χ4v) is 3.64. The molecule has 2 N–H and O–H groups in total. The van der Waals surface area contributed by atoms with Crippen molar-refractivity contribution in [3.63, 3.8) is 0 Å². The summed E-state index contributed by atoms with van der Waals surface area (Å²) < 4.78 is 14.5. The van der Waals surface area contributed by atoms with E-state index in [0.717, 1.165) is 12.8 Å². The van der Waals surface area contributed by atoms with Crippen LogP contribution in [0.15, 0.2) is 22.7 Å². The van der Waals surface area contributed by atoms with Crippen molar-refractivity contribution in [3.05, 3.63) is 34.1 Å². The number of carbonyl (C=O) groups is 1. The second-order valence-corrected chi connectivity index (χ2v) is 6.42. The molecule has 1 aliphatic heterocycles. The van der Waals surface area contributed by atoms with E-state index in [4.69, 9.17) is 5.73 Å². The first-order valence-corrected chi connectivity index (χ1v) is 7.35. The maximum atomic E-state index is 13.8. The van der Waals surface area contributed by atoms with Crippen LogP contribution in [0.4, 0.5) is 4.39 Å². The van der Waals surface area contributed by atoms with E-state index in [1.165, 1.54) is 12.1 Å². The molecule has 1 aliphatic carbocycles. The SMILES string of the molecule is NC1CCC2CN(C(=O)c3ccc(Br)cc3F)CC12. The molecule has 1 heterocycles. The fraction of sp³-hybridized carbons (Fsp3) is 0.500. The Kier molecular flexibility index (Phi) is 3.35. The van der Waals surface area contributed by atoms with Gasteiger partial charge in [-0.25, -0.2) is 4.39 Å². The van der Waals surface area contributed by atoms with Gasteiger partial charge in [0, 0.05) is 23.6 Å². The molecular formula is C14H16BrFN2O. The van der Waals surface area contributed by atoms with Gasteiger partial charge in [0.2, 0.25) is 0 Å². The summed E-state index contributed by atoms with van der Waals surface area (Å²) >= 11 is 3.19. The molecule has 1 amide bonds. The lowest BCUT2D eigenvalue weighted by molar-refractivity contribution is 0.0775. The molecule has 0 bridgehead atoms. The second kappa shape index (κ2) is 4.87. The monoisotopic (exact) mass is 326 g/mol. The van der Waals surface area contributed by atoms with Crippen molar-refractivity contribution in [3.8, 4) is 0 Å². The van der Waals surface area contributed by atoms with E-state index in [9.17, 15) is 9.18 Å². The van der Waals surface area contributed by atoms with Crippen LogP contribution in [0, 0.1) is 17.7 Å². The Hall–Kier alpha value is -0.940. The molecule has 1 saturated carbocycles. The highest BCUT2D eigenvalue weighted by Gasteiger charge is 2.42. The highest BCUT2D eigenvalue weighted by atomic mass is 79.9. The van der Waals surface area contributed by atoms with E-state index in [2.05, 4.69) is 15.9 Å². The molecular weight excluding hydrogens is 311 g/mol.